The lowest BCUT2D eigenvalue weighted by atomic mass is 10.00. The minimum absolute atomic E-state index is 0.0706. The van der Waals surface area contributed by atoms with Gasteiger partial charge in [-0.15, -0.1) is 0 Å². The van der Waals surface area contributed by atoms with E-state index in [4.69, 9.17) is 4.74 Å². The number of methoxy groups -OCH3 is 1. The Hall–Kier alpha value is -2.33. The number of hydrogen-bond donors (Lipinski definition) is 1. The number of ether oxygens (including phenoxy) is 1. The fourth-order valence-corrected chi connectivity index (χ4v) is 3.86. The first-order chi connectivity index (χ1) is 13.2. The zero-order valence-corrected chi connectivity index (χ0v) is 16.4. The Bertz CT molecular complexity index is 754. The number of rotatable bonds is 7. The molecule has 1 saturated heterocycles. The number of amides is 1. The number of para-hydroxylation sites is 1. The zero-order valence-electron chi connectivity index (χ0n) is 16.4. The lowest BCUT2D eigenvalue weighted by molar-refractivity contribution is -0.120. The molecule has 1 atom stereocenters. The molecule has 2 aromatic rings. The third-order valence-electron chi connectivity index (χ3n) is 5.43. The molecule has 0 bridgehead atoms. The molecule has 0 spiro atoms. The van der Waals surface area contributed by atoms with Crippen molar-refractivity contribution in [3.05, 3.63) is 65.2 Å². The van der Waals surface area contributed by atoms with Gasteiger partial charge in [-0.2, -0.15) is 0 Å². The maximum absolute atomic E-state index is 12.6. The fraction of sp³-hybridized carbons (Fsp3) is 0.435. The Morgan fingerprint density at radius 3 is 2.52 bits per heavy atom. The van der Waals surface area contributed by atoms with Gasteiger partial charge >= 0.3 is 0 Å². The summed E-state index contributed by atoms with van der Waals surface area (Å²) in [7, 11) is 1.71. The summed E-state index contributed by atoms with van der Waals surface area (Å²) in [6.45, 7) is 4.78. The van der Waals surface area contributed by atoms with Gasteiger partial charge in [0.05, 0.1) is 19.6 Å². The average Bonchev–Trinajstić information content (AvgIpc) is 2.71. The molecule has 3 rings (SSSR count). The lowest BCUT2D eigenvalue weighted by Crippen LogP contribution is -2.41. The largest absolute Gasteiger partial charge is 0.496 e. The van der Waals surface area contributed by atoms with E-state index >= 15 is 0 Å². The highest BCUT2D eigenvalue weighted by molar-refractivity contribution is 5.79. The molecular formula is C23H30N2O2. The van der Waals surface area contributed by atoms with Crippen LogP contribution in [0.4, 0.5) is 0 Å². The number of hydrogen-bond acceptors (Lipinski definition) is 3. The summed E-state index contributed by atoms with van der Waals surface area (Å²) < 4.78 is 5.60. The minimum Gasteiger partial charge on any atom is -0.496 e. The van der Waals surface area contributed by atoms with Gasteiger partial charge in [0.2, 0.25) is 5.91 Å². The summed E-state index contributed by atoms with van der Waals surface area (Å²) in [6, 6.07) is 16.4. The molecular weight excluding hydrogens is 336 g/mol. The maximum atomic E-state index is 12.6. The molecule has 1 aliphatic rings. The molecule has 4 heteroatoms. The molecule has 0 aromatic heterocycles. The van der Waals surface area contributed by atoms with Crippen molar-refractivity contribution < 1.29 is 9.53 Å². The normalized spacial score (nSPS) is 15.9. The maximum Gasteiger partial charge on any atom is 0.224 e. The van der Waals surface area contributed by atoms with E-state index in [0.29, 0.717) is 13.0 Å². The van der Waals surface area contributed by atoms with Gasteiger partial charge in [0.15, 0.2) is 0 Å². The molecule has 0 radical (unpaired) electrons. The SMILES string of the molecule is COc1ccccc1C(CNC(=O)Cc1ccccc1C)N1CCCCC1. The van der Waals surface area contributed by atoms with Gasteiger partial charge in [0.25, 0.3) is 0 Å². The monoisotopic (exact) mass is 366 g/mol. The van der Waals surface area contributed by atoms with Crippen molar-refractivity contribution in [3.63, 3.8) is 0 Å². The summed E-state index contributed by atoms with van der Waals surface area (Å²) in [6.07, 6.45) is 4.13. The van der Waals surface area contributed by atoms with Crippen molar-refractivity contribution in [1.29, 1.82) is 0 Å². The second kappa shape index (κ2) is 9.56. The first-order valence-corrected chi connectivity index (χ1v) is 9.87. The van der Waals surface area contributed by atoms with Gasteiger partial charge in [-0.25, -0.2) is 0 Å². The lowest BCUT2D eigenvalue weighted by Gasteiger charge is -2.35. The van der Waals surface area contributed by atoms with Gasteiger partial charge in [0, 0.05) is 12.1 Å². The van der Waals surface area contributed by atoms with Crippen LogP contribution in [-0.4, -0.2) is 37.6 Å². The van der Waals surface area contributed by atoms with Crippen molar-refractivity contribution in [2.24, 2.45) is 0 Å². The first-order valence-electron chi connectivity index (χ1n) is 9.87. The number of aryl methyl sites for hydroxylation is 1. The molecule has 0 aliphatic carbocycles. The van der Waals surface area contributed by atoms with Crippen molar-refractivity contribution >= 4 is 5.91 Å². The minimum atomic E-state index is 0.0706. The molecule has 4 nitrogen and oxygen atoms in total. The average molecular weight is 367 g/mol. The van der Waals surface area contributed by atoms with E-state index in [0.717, 1.165) is 35.5 Å². The molecule has 1 amide bonds. The number of carbonyl (C=O) groups excluding carboxylic acids is 1. The number of benzene rings is 2. The second-order valence-electron chi connectivity index (χ2n) is 7.26. The van der Waals surface area contributed by atoms with Crippen LogP contribution in [0.15, 0.2) is 48.5 Å². The van der Waals surface area contributed by atoms with Crippen molar-refractivity contribution in [2.75, 3.05) is 26.7 Å². The molecule has 1 unspecified atom stereocenters. The zero-order chi connectivity index (χ0) is 19.1. The summed E-state index contributed by atoms with van der Waals surface area (Å²) in [4.78, 5) is 15.1. The summed E-state index contributed by atoms with van der Waals surface area (Å²) in [5, 5.41) is 3.17. The number of carbonyl (C=O) groups is 1. The highest BCUT2D eigenvalue weighted by atomic mass is 16.5. The van der Waals surface area contributed by atoms with Crippen LogP contribution in [0.1, 0.15) is 42.0 Å². The predicted molar refractivity (Wildman–Crippen MR) is 109 cm³/mol. The van der Waals surface area contributed by atoms with Crippen LogP contribution >= 0.6 is 0 Å². The van der Waals surface area contributed by atoms with Crippen molar-refractivity contribution in [1.82, 2.24) is 10.2 Å². The van der Waals surface area contributed by atoms with Crippen molar-refractivity contribution in [3.8, 4) is 5.75 Å². The molecule has 1 aliphatic heterocycles. The number of nitrogens with zero attached hydrogens (tertiary/aromatic N) is 1. The van der Waals surface area contributed by atoms with Crippen LogP contribution in [0.25, 0.3) is 0 Å². The van der Waals surface area contributed by atoms with E-state index < -0.39 is 0 Å². The van der Waals surface area contributed by atoms with Crippen LogP contribution in [0.3, 0.4) is 0 Å². The summed E-state index contributed by atoms with van der Waals surface area (Å²) in [5.41, 5.74) is 3.39. The molecule has 0 saturated carbocycles. The van der Waals surface area contributed by atoms with Gasteiger partial charge in [-0.1, -0.05) is 48.9 Å². The standard InChI is InChI=1S/C23H30N2O2/c1-18-10-4-5-11-19(18)16-23(26)24-17-21(25-14-8-3-9-15-25)20-12-6-7-13-22(20)27-2/h4-7,10-13,21H,3,8-9,14-17H2,1-2H3,(H,24,26). The number of likely N-dealkylation sites (tertiary alicyclic amines) is 1. The second-order valence-corrected chi connectivity index (χ2v) is 7.26. The molecule has 1 heterocycles. The van der Waals surface area contributed by atoms with Gasteiger partial charge < -0.3 is 10.1 Å². The number of nitrogens with one attached hydrogen (secondary N) is 1. The highest BCUT2D eigenvalue weighted by Crippen LogP contribution is 2.30. The van der Waals surface area contributed by atoms with E-state index in [-0.39, 0.29) is 11.9 Å². The Morgan fingerprint density at radius 1 is 1.07 bits per heavy atom. The fourth-order valence-electron chi connectivity index (χ4n) is 3.86. The van der Waals surface area contributed by atoms with E-state index in [9.17, 15) is 4.79 Å². The Balaban J connectivity index is 1.71. The predicted octanol–water partition coefficient (Wildman–Crippen LogP) is 3.89. The van der Waals surface area contributed by atoms with E-state index in [1.807, 2.05) is 49.4 Å². The molecule has 27 heavy (non-hydrogen) atoms. The van der Waals surface area contributed by atoms with Gasteiger partial charge in [0.1, 0.15) is 5.75 Å². The summed E-state index contributed by atoms with van der Waals surface area (Å²) >= 11 is 0. The Labute approximate surface area is 162 Å². The Kier molecular flexibility index (Phi) is 6.88. The summed E-state index contributed by atoms with van der Waals surface area (Å²) in [5.74, 6) is 0.961. The van der Waals surface area contributed by atoms with E-state index in [1.54, 1.807) is 7.11 Å². The third kappa shape index (κ3) is 5.10. The molecule has 1 fully saturated rings. The number of piperidine rings is 1. The topological polar surface area (TPSA) is 41.6 Å². The van der Waals surface area contributed by atoms with Crippen LogP contribution in [0, 0.1) is 6.92 Å². The highest BCUT2D eigenvalue weighted by Gasteiger charge is 2.25. The van der Waals surface area contributed by atoms with Gasteiger partial charge in [-0.3, -0.25) is 9.69 Å². The quantitative estimate of drug-likeness (QED) is 0.808. The van der Waals surface area contributed by atoms with Crippen LogP contribution in [0.5, 0.6) is 5.75 Å². The van der Waals surface area contributed by atoms with E-state index in [1.165, 1.54) is 19.3 Å². The van der Waals surface area contributed by atoms with Crippen LogP contribution in [0.2, 0.25) is 0 Å². The van der Waals surface area contributed by atoms with Crippen LogP contribution < -0.4 is 10.1 Å². The first kappa shape index (κ1) is 19.4. The van der Waals surface area contributed by atoms with E-state index in [2.05, 4.69) is 16.3 Å². The van der Waals surface area contributed by atoms with Gasteiger partial charge in [-0.05, 0) is 50.0 Å². The molecule has 2 aromatic carbocycles. The van der Waals surface area contributed by atoms with Crippen molar-refractivity contribution in [2.45, 2.75) is 38.6 Å². The Morgan fingerprint density at radius 2 is 1.78 bits per heavy atom. The van der Waals surface area contributed by atoms with Crippen LogP contribution in [-0.2, 0) is 11.2 Å². The third-order valence-corrected chi connectivity index (χ3v) is 5.43. The smallest absolute Gasteiger partial charge is 0.224 e. The molecule has 1 N–H and O–H groups in total. The molecule has 144 valence electrons.